The summed E-state index contributed by atoms with van der Waals surface area (Å²) in [4.78, 5) is 15.3. The number of aromatic amines is 1. The van der Waals surface area contributed by atoms with Gasteiger partial charge in [-0.05, 0) is 34.5 Å². The SMILES string of the molecule is CS(=O)(=O)c1nccc(-c2cccc(C(N)=O)c2)c1-c1nn[nH]n1. The van der Waals surface area contributed by atoms with E-state index in [0.29, 0.717) is 16.7 Å². The van der Waals surface area contributed by atoms with Gasteiger partial charge in [0.2, 0.25) is 11.7 Å². The van der Waals surface area contributed by atoms with Gasteiger partial charge < -0.3 is 5.73 Å². The van der Waals surface area contributed by atoms with Crippen molar-refractivity contribution >= 4 is 15.7 Å². The van der Waals surface area contributed by atoms with Gasteiger partial charge in [0.25, 0.3) is 0 Å². The van der Waals surface area contributed by atoms with E-state index in [9.17, 15) is 13.2 Å². The highest BCUT2D eigenvalue weighted by molar-refractivity contribution is 7.90. The average Bonchev–Trinajstić information content (AvgIpc) is 3.07. The number of hydrogen-bond acceptors (Lipinski definition) is 7. The molecular weight excluding hydrogens is 332 g/mol. The van der Waals surface area contributed by atoms with Crippen molar-refractivity contribution in [3.63, 3.8) is 0 Å². The molecule has 10 heteroatoms. The minimum atomic E-state index is -3.64. The van der Waals surface area contributed by atoms with Crippen LogP contribution in [0.15, 0.2) is 41.6 Å². The lowest BCUT2D eigenvalue weighted by atomic mass is 9.99. The molecule has 3 aromatic rings. The van der Waals surface area contributed by atoms with Crippen molar-refractivity contribution in [3.8, 4) is 22.5 Å². The van der Waals surface area contributed by atoms with Crippen LogP contribution in [0.5, 0.6) is 0 Å². The molecule has 3 rings (SSSR count). The molecule has 3 N–H and O–H groups in total. The number of aromatic nitrogens is 5. The van der Waals surface area contributed by atoms with Gasteiger partial charge in [-0.1, -0.05) is 12.1 Å². The molecule has 0 aliphatic carbocycles. The smallest absolute Gasteiger partial charge is 0.248 e. The first-order chi connectivity index (χ1) is 11.4. The molecular formula is C14H12N6O3S. The Kier molecular flexibility index (Phi) is 3.81. The lowest BCUT2D eigenvalue weighted by Crippen LogP contribution is -2.10. The maximum absolute atomic E-state index is 12.1. The van der Waals surface area contributed by atoms with Crippen LogP contribution in [0.4, 0.5) is 0 Å². The third-order valence-corrected chi connectivity index (χ3v) is 4.31. The van der Waals surface area contributed by atoms with Crippen molar-refractivity contribution < 1.29 is 13.2 Å². The predicted octanol–water partition coefficient (Wildman–Crippen LogP) is 0.431. The van der Waals surface area contributed by atoms with E-state index in [0.717, 1.165) is 6.26 Å². The molecule has 0 saturated carbocycles. The van der Waals surface area contributed by atoms with Crippen LogP contribution >= 0.6 is 0 Å². The van der Waals surface area contributed by atoms with E-state index in [1.165, 1.54) is 6.20 Å². The molecule has 0 fully saturated rings. The third-order valence-electron chi connectivity index (χ3n) is 3.29. The zero-order chi connectivity index (χ0) is 17.3. The number of rotatable bonds is 4. The van der Waals surface area contributed by atoms with Crippen molar-refractivity contribution in [2.45, 2.75) is 5.03 Å². The Morgan fingerprint density at radius 2 is 2.04 bits per heavy atom. The van der Waals surface area contributed by atoms with E-state index in [4.69, 9.17) is 5.73 Å². The summed E-state index contributed by atoms with van der Waals surface area (Å²) in [5.74, 6) is -0.502. The molecule has 0 spiro atoms. The molecule has 0 aliphatic heterocycles. The van der Waals surface area contributed by atoms with Crippen LogP contribution in [0.25, 0.3) is 22.5 Å². The van der Waals surface area contributed by atoms with Gasteiger partial charge in [-0.3, -0.25) is 4.79 Å². The second kappa shape index (κ2) is 5.81. The highest BCUT2D eigenvalue weighted by atomic mass is 32.2. The second-order valence-electron chi connectivity index (χ2n) is 4.99. The van der Waals surface area contributed by atoms with Crippen LogP contribution < -0.4 is 5.73 Å². The molecule has 2 heterocycles. The molecule has 2 aromatic heterocycles. The van der Waals surface area contributed by atoms with Crippen LogP contribution in [0.1, 0.15) is 10.4 Å². The van der Waals surface area contributed by atoms with Gasteiger partial charge in [0.1, 0.15) is 0 Å². The van der Waals surface area contributed by atoms with Crippen LogP contribution in [-0.4, -0.2) is 46.2 Å². The molecule has 0 bridgehead atoms. The van der Waals surface area contributed by atoms with Gasteiger partial charge in [0.05, 0.1) is 5.56 Å². The normalized spacial score (nSPS) is 11.4. The number of amides is 1. The Morgan fingerprint density at radius 1 is 1.25 bits per heavy atom. The quantitative estimate of drug-likeness (QED) is 0.698. The fourth-order valence-corrected chi connectivity index (χ4v) is 3.11. The molecule has 9 nitrogen and oxygen atoms in total. The summed E-state index contributed by atoms with van der Waals surface area (Å²) in [6.07, 6.45) is 2.41. The number of carbonyl (C=O) groups excluding carboxylic acids is 1. The topological polar surface area (TPSA) is 145 Å². The summed E-state index contributed by atoms with van der Waals surface area (Å²) in [5.41, 5.74) is 6.88. The average molecular weight is 344 g/mol. The number of nitrogens with two attached hydrogens (primary N) is 1. The Hall–Kier alpha value is -3.14. The van der Waals surface area contributed by atoms with Crippen LogP contribution in [0.2, 0.25) is 0 Å². The number of sulfone groups is 1. The van der Waals surface area contributed by atoms with E-state index in [1.807, 2.05) is 0 Å². The number of H-pyrrole nitrogens is 1. The number of pyridine rings is 1. The van der Waals surface area contributed by atoms with Crippen molar-refractivity contribution in [2.75, 3.05) is 6.26 Å². The monoisotopic (exact) mass is 344 g/mol. The maximum atomic E-state index is 12.1. The number of carbonyl (C=O) groups is 1. The summed E-state index contributed by atoms with van der Waals surface area (Å²) >= 11 is 0. The summed E-state index contributed by atoms with van der Waals surface area (Å²) < 4.78 is 24.2. The highest BCUT2D eigenvalue weighted by Gasteiger charge is 2.23. The third kappa shape index (κ3) is 2.86. The zero-order valence-electron chi connectivity index (χ0n) is 12.5. The summed E-state index contributed by atoms with van der Waals surface area (Å²) in [7, 11) is -3.64. The second-order valence-corrected chi connectivity index (χ2v) is 6.92. The number of benzene rings is 1. The minimum absolute atomic E-state index is 0.0861. The maximum Gasteiger partial charge on any atom is 0.248 e. The molecule has 0 radical (unpaired) electrons. The first kappa shape index (κ1) is 15.7. The van der Waals surface area contributed by atoms with Gasteiger partial charge in [0.15, 0.2) is 14.9 Å². The fraction of sp³-hybridized carbons (Fsp3) is 0.0714. The van der Waals surface area contributed by atoms with Gasteiger partial charge >= 0.3 is 0 Å². The van der Waals surface area contributed by atoms with Crippen LogP contribution in [0, 0.1) is 0 Å². The predicted molar refractivity (Wildman–Crippen MR) is 84.5 cm³/mol. The standard InChI is InChI=1S/C14H12N6O3S/c1-24(22,23)14-11(13-17-19-20-18-13)10(5-6-16-14)8-3-2-4-9(7-8)12(15)21/h2-7H,1H3,(H2,15,21)(H,17,18,19,20). The lowest BCUT2D eigenvalue weighted by Gasteiger charge is -2.11. The molecule has 0 saturated heterocycles. The minimum Gasteiger partial charge on any atom is -0.366 e. The summed E-state index contributed by atoms with van der Waals surface area (Å²) in [5, 5.41) is 13.3. The molecule has 24 heavy (non-hydrogen) atoms. The Bertz CT molecular complexity index is 1010. The Labute approximate surface area is 136 Å². The first-order valence-electron chi connectivity index (χ1n) is 6.71. The lowest BCUT2D eigenvalue weighted by molar-refractivity contribution is 0.100. The van der Waals surface area contributed by atoms with Crippen LogP contribution in [0.3, 0.4) is 0 Å². The van der Waals surface area contributed by atoms with E-state index >= 15 is 0 Å². The van der Waals surface area contributed by atoms with E-state index < -0.39 is 15.7 Å². The van der Waals surface area contributed by atoms with Crippen molar-refractivity contribution in [3.05, 3.63) is 42.1 Å². The zero-order valence-corrected chi connectivity index (χ0v) is 13.3. The molecule has 1 amide bonds. The van der Waals surface area contributed by atoms with Crippen molar-refractivity contribution in [2.24, 2.45) is 5.73 Å². The summed E-state index contributed by atoms with van der Waals surface area (Å²) in [6.45, 7) is 0. The van der Waals surface area contributed by atoms with Gasteiger partial charge in [-0.2, -0.15) is 5.21 Å². The number of primary amides is 1. The first-order valence-corrected chi connectivity index (χ1v) is 8.60. The van der Waals surface area contributed by atoms with Crippen LogP contribution in [-0.2, 0) is 9.84 Å². The van der Waals surface area contributed by atoms with E-state index in [1.54, 1.807) is 30.3 Å². The van der Waals surface area contributed by atoms with Crippen molar-refractivity contribution in [1.82, 2.24) is 25.6 Å². The van der Waals surface area contributed by atoms with Gasteiger partial charge in [-0.15, -0.1) is 10.2 Å². The largest absolute Gasteiger partial charge is 0.366 e. The Morgan fingerprint density at radius 3 is 2.67 bits per heavy atom. The Balaban J connectivity index is 2.33. The summed E-state index contributed by atoms with van der Waals surface area (Å²) in [6, 6.07) is 8.11. The molecule has 122 valence electrons. The van der Waals surface area contributed by atoms with Crippen molar-refractivity contribution in [1.29, 1.82) is 0 Å². The number of nitrogens with one attached hydrogen (secondary N) is 1. The molecule has 1 aromatic carbocycles. The number of tetrazole rings is 1. The molecule has 0 unspecified atom stereocenters. The number of hydrogen-bond donors (Lipinski definition) is 2. The molecule has 0 aliphatic rings. The van der Waals surface area contributed by atoms with Gasteiger partial charge in [-0.25, -0.2) is 13.4 Å². The van der Waals surface area contributed by atoms with E-state index in [-0.39, 0.29) is 16.4 Å². The molecule has 0 atom stereocenters. The number of nitrogens with zero attached hydrogens (tertiary/aromatic N) is 4. The van der Waals surface area contributed by atoms with E-state index in [2.05, 4.69) is 25.6 Å². The van der Waals surface area contributed by atoms with Gasteiger partial charge in [0, 0.05) is 18.0 Å². The highest BCUT2D eigenvalue weighted by Crippen LogP contribution is 2.34. The fourth-order valence-electron chi connectivity index (χ4n) is 2.29.